The van der Waals surface area contributed by atoms with E-state index in [9.17, 15) is 14.4 Å². The van der Waals surface area contributed by atoms with Gasteiger partial charge in [-0.15, -0.1) is 0 Å². The first-order chi connectivity index (χ1) is 17.2. The number of amides is 4. The number of barbiturate groups is 1. The molecule has 0 radical (unpaired) electrons. The van der Waals surface area contributed by atoms with Gasteiger partial charge in [-0.2, -0.15) is 0 Å². The van der Waals surface area contributed by atoms with E-state index in [1.165, 1.54) is 13.2 Å². The van der Waals surface area contributed by atoms with Crippen LogP contribution in [0.3, 0.4) is 0 Å². The van der Waals surface area contributed by atoms with Crippen LogP contribution < -0.4 is 19.7 Å². The Bertz CT molecular complexity index is 1420. The molecule has 3 aromatic carbocycles. The number of anilines is 1. The molecule has 0 atom stereocenters. The summed E-state index contributed by atoms with van der Waals surface area (Å²) in [4.78, 5) is 39.3. The highest BCUT2D eigenvalue weighted by Gasteiger charge is 2.37. The number of hydrogen-bond donors (Lipinski definition) is 1. The summed E-state index contributed by atoms with van der Waals surface area (Å²) in [5.74, 6) is -0.657. The van der Waals surface area contributed by atoms with Gasteiger partial charge in [0.1, 0.15) is 12.2 Å². The average Bonchev–Trinajstić information content (AvgIpc) is 2.83. The van der Waals surface area contributed by atoms with Crippen molar-refractivity contribution >= 4 is 52.8 Å². The molecule has 4 rings (SSSR count). The van der Waals surface area contributed by atoms with Gasteiger partial charge in [-0.3, -0.25) is 14.9 Å². The average molecular weight is 525 g/mol. The summed E-state index contributed by atoms with van der Waals surface area (Å²) in [5.41, 5.74) is 3.09. The third kappa shape index (κ3) is 5.22. The topological polar surface area (TPSA) is 84.9 Å². The van der Waals surface area contributed by atoms with Crippen molar-refractivity contribution in [2.75, 3.05) is 12.0 Å². The summed E-state index contributed by atoms with van der Waals surface area (Å²) in [7, 11) is 1.48. The van der Waals surface area contributed by atoms with Crippen molar-refractivity contribution in [2.24, 2.45) is 0 Å². The van der Waals surface area contributed by atoms with Gasteiger partial charge < -0.3 is 9.47 Å². The Morgan fingerprint density at radius 3 is 2.44 bits per heavy atom. The molecule has 1 N–H and O–H groups in total. The highest BCUT2D eigenvalue weighted by molar-refractivity contribution is 6.39. The molecule has 1 aliphatic rings. The first kappa shape index (κ1) is 25.3. The van der Waals surface area contributed by atoms with Gasteiger partial charge in [-0.25, -0.2) is 9.69 Å². The molecule has 3 aromatic rings. The van der Waals surface area contributed by atoms with E-state index in [0.29, 0.717) is 32.8 Å². The van der Waals surface area contributed by atoms with E-state index in [1.807, 2.05) is 19.1 Å². The van der Waals surface area contributed by atoms with E-state index in [-0.39, 0.29) is 12.2 Å². The molecule has 7 nitrogen and oxygen atoms in total. The number of rotatable bonds is 6. The number of nitrogens with zero attached hydrogens (tertiary/aromatic N) is 1. The van der Waals surface area contributed by atoms with Crippen LogP contribution in [-0.4, -0.2) is 25.0 Å². The van der Waals surface area contributed by atoms with Crippen molar-refractivity contribution in [2.45, 2.75) is 20.5 Å². The van der Waals surface area contributed by atoms with Gasteiger partial charge in [-0.1, -0.05) is 47.5 Å². The standard InChI is InChI=1S/C27H22Cl2N2O5/c1-15-4-5-16(2)22(10-15)31-26(33)20(25(32)30-27(31)34)11-17-6-9-23(24(12-17)35-3)36-14-18-7-8-19(28)13-21(18)29/h4-13H,14H2,1-3H3,(H,30,32,34)/b20-11+. The molecule has 1 heterocycles. The van der Waals surface area contributed by atoms with Gasteiger partial charge in [0.05, 0.1) is 12.8 Å². The summed E-state index contributed by atoms with van der Waals surface area (Å²) in [5, 5.41) is 3.25. The SMILES string of the molecule is COc1cc(/C=C2\C(=O)NC(=O)N(c3cc(C)ccc3C)C2=O)ccc1OCc1ccc(Cl)cc1Cl. The molecule has 0 bridgehead atoms. The smallest absolute Gasteiger partial charge is 0.335 e. The second-order valence-electron chi connectivity index (χ2n) is 8.18. The van der Waals surface area contributed by atoms with Crippen LogP contribution >= 0.6 is 23.2 Å². The van der Waals surface area contributed by atoms with Gasteiger partial charge in [-0.05, 0) is 66.9 Å². The van der Waals surface area contributed by atoms with Crippen LogP contribution in [-0.2, 0) is 16.2 Å². The van der Waals surface area contributed by atoms with Crippen molar-refractivity contribution in [1.29, 1.82) is 0 Å². The summed E-state index contributed by atoms with van der Waals surface area (Å²) >= 11 is 12.2. The maximum Gasteiger partial charge on any atom is 0.335 e. The lowest BCUT2D eigenvalue weighted by Crippen LogP contribution is -2.54. The van der Waals surface area contributed by atoms with Crippen molar-refractivity contribution in [3.8, 4) is 11.5 Å². The second-order valence-corrected chi connectivity index (χ2v) is 9.03. The Hall–Kier alpha value is -3.81. The van der Waals surface area contributed by atoms with Crippen LogP contribution in [0.25, 0.3) is 6.08 Å². The van der Waals surface area contributed by atoms with Gasteiger partial charge in [0, 0.05) is 15.6 Å². The summed E-state index contributed by atoms with van der Waals surface area (Å²) in [6.45, 7) is 3.82. The van der Waals surface area contributed by atoms with Gasteiger partial charge in [0.2, 0.25) is 0 Å². The largest absolute Gasteiger partial charge is 0.493 e. The predicted octanol–water partition coefficient (Wildman–Crippen LogP) is 5.86. The fourth-order valence-electron chi connectivity index (χ4n) is 3.69. The van der Waals surface area contributed by atoms with Crippen molar-refractivity contribution in [3.63, 3.8) is 0 Å². The number of aryl methyl sites for hydroxylation is 2. The minimum absolute atomic E-state index is 0.181. The zero-order valence-corrected chi connectivity index (χ0v) is 21.2. The molecular weight excluding hydrogens is 503 g/mol. The molecule has 184 valence electrons. The van der Waals surface area contributed by atoms with Crippen LogP contribution in [0.2, 0.25) is 10.0 Å². The van der Waals surface area contributed by atoms with Crippen LogP contribution in [0, 0.1) is 13.8 Å². The number of urea groups is 1. The Balaban J connectivity index is 1.61. The summed E-state index contributed by atoms with van der Waals surface area (Å²) < 4.78 is 11.3. The van der Waals surface area contributed by atoms with E-state index in [2.05, 4.69) is 5.32 Å². The fraction of sp³-hybridized carbons (Fsp3) is 0.148. The van der Waals surface area contributed by atoms with Crippen LogP contribution in [0.15, 0.2) is 60.2 Å². The van der Waals surface area contributed by atoms with Gasteiger partial charge >= 0.3 is 6.03 Å². The van der Waals surface area contributed by atoms with Crippen molar-refractivity contribution in [1.82, 2.24) is 5.32 Å². The zero-order chi connectivity index (χ0) is 26.0. The Labute approximate surface area is 218 Å². The first-order valence-electron chi connectivity index (χ1n) is 10.9. The number of carbonyl (C=O) groups is 3. The highest BCUT2D eigenvalue weighted by atomic mass is 35.5. The van der Waals surface area contributed by atoms with E-state index < -0.39 is 17.8 Å². The fourth-order valence-corrected chi connectivity index (χ4v) is 4.15. The Kier molecular flexibility index (Phi) is 7.33. The quantitative estimate of drug-likeness (QED) is 0.322. The molecule has 1 aliphatic heterocycles. The second kappa shape index (κ2) is 10.4. The number of methoxy groups -OCH3 is 1. The number of nitrogens with one attached hydrogen (secondary N) is 1. The molecule has 0 aromatic heterocycles. The number of imide groups is 2. The van der Waals surface area contributed by atoms with Gasteiger partial charge in [0.15, 0.2) is 11.5 Å². The van der Waals surface area contributed by atoms with Crippen LogP contribution in [0.1, 0.15) is 22.3 Å². The monoisotopic (exact) mass is 524 g/mol. The molecule has 0 unspecified atom stereocenters. The van der Waals surface area contributed by atoms with E-state index in [0.717, 1.165) is 21.6 Å². The third-order valence-corrected chi connectivity index (χ3v) is 6.19. The number of carbonyl (C=O) groups excluding carboxylic acids is 3. The van der Waals surface area contributed by atoms with Crippen LogP contribution in [0.5, 0.6) is 11.5 Å². The van der Waals surface area contributed by atoms with Crippen molar-refractivity contribution in [3.05, 3.63) is 92.5 Å². The first-order valence-corrected chi connectivity index (χ1v) is 11.7. The number of ether oxygens (including phenoxy) is 2. The molecule has 0 saturated carbocycles. The molecule has 1 saturated heterocycles. The molecule has 1 fully saturated rings. The lowest BCUT2D eigenvalue weighted by Gasteiger charge is -2.27. The number of benzene rings is 3. The maximum absolute atomic E-state index is 13.2. The normalized spacial score (nSPS) is 14.8. The molecule has 9 heteroatoms. The number of hydrogen-bond acceptors (Lipinski definition) is 5. The highest BCUT2D eigenvalue weighted by Crippen LogP contribution is 2.32. The maximum atomic E-state index is 13.2. The minimum Gasteiger partial charge on any atom is -0.493 e. The minimum atomic E-state index is -0.793. The lowest BCUT2D eigenvalue weighted by atomic mass is 10.0. The molecule has 0 aliphatic carbocycles. The Morgan fingerprint density at radius 1 is 0.944 bits per heavy atom. The molecule has 36 heavy (non-hydrogen) atoms. The van der Waals surface area contributed by atoms with Gasteiger partial charge in [0.25, 0.3) is 11.8 Å². The predicted molar refractivity (Wildman–Crippen MR) is 139 cm³/mol. The van der Waals surface area contributed by atoms with Crippen molar-refractivity contribution < 1.29 is 23.9 Å². The third-order valence-electron chi connectivity index (χ3n) is 5.60. The van der Waals surface area contributed by atoms with Crippen LogP contribution in [0.4, 0.5) is 10.5 Å². The zero-order valence-electron chi connectivity index (χ0n) is 19.7. The molecule has 4 amide bonds. The van der Waals surface area contributed by atoms with E-state index >= 15 is 0 Å². The van der Waals surface area contributed by atoms with E-state index in [4.69, 9.17) is 32.7 Å². The molecular formula is C27H22Cl2N2O5. The summed E-state index contributed by atoms with van der Waals surface area (Å²) in [6, 6.07) is 14.7. The van der Waals surface area contributed by atoms with E-state index in [1.54, 1.807) is 49.4 Å². The Morgan fingerprint density at radius 2 is 1.72 bits per heavy atom. The summed E-state index contributed by atoms with van der Waals surface area (Å²) in [6.07, 6.45) is 1.41. The lowest BCUT2D eigenvalue weighted by molar-refractivity contribution is -0.122. The molecule has 0 spiro atoms. The number of halogens is 2.